The molecule has 5 atom stereocenters. The standard InChI is InChI=1S/C22H34O6/c1-2-18(24)21-16-19(25)20(28-21)15-14-17(23)12-10-8-6-4-3-5-7-9-11-13-22(26)27/h3-4,7-10,14-15,17-21,23-25H,2,5-6,11-13,16H2,1H3,(H,26,27)/b4-3-,9-7-,10-8-,15-14+/t17-,18-,19+,20+,21+/m1/s1. The second kappa shape index (κ2) is 14.3. The monoisotopic (exact) mass is 394 g/mol. The molecule has 0 saturated carbocycles. The molecule has 0 aromatic heterocycles. The van der Waals surface area contributed by atoms with E-state index < -0.39 is 30.4 Å². The summed E-state index contributed by atoms with van der Waals surface area (Å²) in [4.78, 5) is 10.3. The Kier molecular flexibility index (Phi) is 12.4. The number of ether oxygens (including phenoxy) is 1. The maximum Gasteiger partial charge on any atom is 0.303 e. The third kappa shape index (κ3) is 10.6. The second-order valence-electron chi connectivity index (χ2n) is 6.92. The van der Waals surface area contributed by atoms with Gasteiger partial charge in [0.1, 0.15) is 6.10 Å². The molecule has 1 rings (SSSR count). The Balaban J connectivity index is 2.18. The fourth-order valence-electron chi connectivity index (χ4n) is 2.82. The van der Waals surface area contributed by atoms with Crippen LogP contribution in [0.25, 0.3) is 0 Å². The Morgan fingerprint density at radius 2 is 1.75 bits per heavy atom. The molecule has 6 heteroatoms. The average molecular weight is 395 g/mol. The second-order valence-corrected chi connectivity index (χ2v) is 6.92. The van der Waals surface area contributed by atoms with E-state index >= 15 is 0 Å². The molecule has 1 heterocycles. The average Bonchev–Trinajstić information content (AvgIpc) is 3.04. The zero-order valence-electron chi connectivity index (χ0n) is 16.6. The quantitative estimate of drug-likeness (QED) is 0.358. The molecule has 0 bridgehead atoms. The molecule has 1 aliphatic rings. The maximum atomic E-state index is 10.3. The van der Waals surface area contributed by atoms with Crippen molar-refractivity contribution in [1.29, 1.82) is 0 Å². The summed E-state index contributed by atoms with van der Waals surface area (Å²) in [5.74, 6) is -0.784. The van der Waals surface area contributed by atoms with Crippen LogP contribution in [0.1, 0.15) is 51.9 Å². The molecule has 0 aromatic carbocycles. The van der Waals surface area contributed by atoms with Gasteiger partial charge >= 0.3 is 5.97 Å². The van der Waals surface area contributed by atoms with E-state index in [1.807, 2.05) is 43.4 Å². The van der Waals surface area contributed by atoms with Crippen molar-refractivity contribution < 1.29 is 30.0 Å². The number of aliphatic carboxylic acids is 1. The predicted octanol–water partition coefficient (Wildman–Crippen LogP) is 2.90. The molecular weight excluding hydrogens is 360 g/mol. The zero-order chi connectivity index (χ0) is 20.8. The minimum Gasteiger partial charge on any atom is -0.481 e. The van der Waals surface area contributed by atoms with Crippen molar-refractivity contribution in [2.45, 2.75) is 82.4 Å². The summed E-state index contributed by atoms with van der Waals surface area (Å²) in [5.41, 5.74) is 0. The lowest BCUT2D eigenvalue weighted by molar-refractivity contribution is -0.136. The number of carboxylic acid groups (broad SMARTS) is 1. The fourth-order valence-corrected chi connectivity index (χ4v) is 2.82. The summed E-state index contributed by atoms with van der Waals surface area (Å²) in [6.07, 6.45) is 16.0. The topological polar surface area (TPSA) is 107 Å². The van der Waals surface area contributed by atoms with Crippen LogP contribution in [0.15, 0.2) is 48.6 Å². The van der Waals surface area contributed by atoms with E-state index in [2.05, 4.69) is 0 Å². The van der Waals surface area contributed by atoms with Gasteiger partial charge < -0.3 is 25.2 Å². The van der Waals surface area contributed by atoms with Gasteiger partial charge in [0.15, 0.2) is 0 Å². The van der Waals surface area contributed by atoms with Crippen LogP contribution in [-0.4, -0.2) is 56.9 Å². The van der Waals surface area contributed by atoms with Crippen LogP contribution in [0.2, 0.25) is 0 Å². The molecule has 0 amide bonds. The van der Waals surface area contributed by atoms with E-state index in [0.717, 1.165) is 12.8 Å². The van der Waals surface area contributed by atoms with Crippen LogP contribution in [-0.2, 0) is 9.53 Å². The highest BCUT2D eigenvalue weighted by molar-refractivity contribution is 5.66. The molecule has 158 valence electrons. The van der Waals surface area contributed by atoms with Gasteiger partial charge in [0.25, 0.3) is 0 Å². The lowest BCUT2D eigenvalue weighted by Crippen LogP contribution is -2.25. The molecule has 4 N–H and O–H groups in total. The van der Waals surface area contributed by atoms with Crippen LogP contribution in [0.3, 0.4) is 0 Å². The lowest BCUT2D eigenvalue weighted by atomic mass is 10.1. The smallest absolute Gasteiger partial charge is 0.303 e. The highest BCUT2D eigenvalue weighted by Gasteiger charge is 2.35. The first-order chi connectivity index (χ1) is 13.4. The van der Waals surface area contributed by atoms with Crippen molar-refractivity contribution in [3.05, 3.63) is 48.6 Å². The summed E-state index contributed by atoms with van der Waals surface area (Å²) >= 11 is 0. The number of hydrogen-bond donors (Lipinski definition) is 4. The van der Waals surface area contributed by atoms with Gasteiger partial charge in [0, 0.05) is 12.8 Å². The molecule has 0 aliphatic carbocycles. The van der Waals surface area contributed by atoms with Gasteiger partial charge in [-0.2, -0.15) is 0 Å². The van der Waals surface area contributed by atoms with Crippen LogP contribution >= 0.6 is 0 Å². The first kappa shape index (κ1) is 24.3. The number of carbonyl (C=O) groups is 1. The van der Waals surface area contributed by atoms with E-state index in [4.69, 9.17) is 9.84 Å². The normalized spacial score (nSPS) is 25.5. The Bertz CT molecular complexity index is 551. The number of rotatable bonds is 13. The van der Waals surface area contributed by atoms with E-state index in [0.29, 0.717) is 25.7 Å². The van der Waals surface area contributed by atoms with Gasteiger partial charge in [-0.3, -0.25) is 4.79 Å². The summed E-state index contributed by atoms with van der Waals surface area (Å²) in [6.45, 7) is 1.87. The van der Waals surface area contributed by atoms with Crippen molar-refractivity contribution >= 4 is 5.97 Å². The first-order valence-corrected chi connectivity index (χ1v) is 9.98. The van der Waals surface area contributed by atoms with Crippen LogP contribution in [0.5, 0.6) is 0 Å². The number of carboxylic acids is 1. The molecule has 0 radical (unpaired) electrons. The van der Waals surface area contributed by atoms with Crippen molar-refractivity contribution in [1.82, 2.24) is 0 Å². The highest BCUT2D eigenvalue weighted by Crippen LogP contribution is 2.25. The third-order valence-electron chi connectivity index (χ3n) is 4.50. The van der Waals surface area contributed by atoms with Crippen LogP contribution in [0.4, 0.5) is 0 Å². The summed E-state index contributed by atoms with van der Waals surface area (Å²) in [5, 5.41) is 38.3. The van der Waals surface area contributed by atoms with Gasteiger partial charge in [-0.25, -0.2) is 0 Å². The van der Waals surface area contributed by atoms with Gasteiger partial charge in [0.2, 0.25) is 0 Å². The first-order valence-electron chi connectivity index (χ1n) is 9.98. The molecule has 1 aliphatic heterocycles. The summed E-state index contributed by atoms with van der Waals surface area (Å²) < 4.78 is 5.63. The van der Waals surface area contributed by atoms with Gasteiger partial charge in [-0.05, 0) is 32.1 Å². The van der Waals surface area contributed by atoms with Crippen molar-refractivity contribution in [3.63, 3.8) is 0 Å². The maximum absolute atomic E-state index is 10.3. The summed E-state index contributed by atoms with van der Waals surface area (Å²) in [7, 11) is 0. The SMILES string of the molecule is CC[C@@H](O)[C@@H]1C[C@H](O)[C@H](/C=C/[C@H](O)C/C=C\C/C=C\C/C=C\CCC(=O)O)O1. The summed E-state index contributed by atoms with van der Waals surface area (Å²) in [6, 6.07) is 0. The fraction of sp³-hybridized carbons (Fsp3) is 0.591. The van der Waals surface area contributed by atoms with Crippen LogP contribution in [0, 0.1) is 0 Å². The number of aliphatic hydroxyl groups excluding tert-OH is 3. The molecule has 28 heavy (non-hydrogen) atoms. The molecule has 0 spiro atoms. The van der Waals surface area contributed by atoms with Crippen molar-refractivity contribution in [3.8, 4) is 0 Å². The lowest BCUT2D eigenvalue weighted by Gasteiger charge is -2.16. The van der Waals surface area contributed by atoms with Gasteiger partial charge in [0.05, 0.1) is 24.4 Å². The number of allylic oxidation sites excluding steroid dienone is 5. The van der Waals surface area contributed by atoms with E-state index in [9.17, 15) is 20.1 Å². The van der Waals surface area contributed by atoms with Gasteiger partial charge in [-0.1, -0.05) is 55.5 Å². The molecule has 0 aromatic rings. The predicted molar refractivity (Wildman–Crippen MR) is 109 cm³/mol. The Morgan fingerprint density at radius 1 is 1.11 bits per heavy atom. The van der Waals surface area contributed by atoms with E-state index in [1.54, 1.807) is 12.2 Å². The molecule has 1 fully saturated rings. The highest BCUT2D eigenvalue weighted by atomic mass is 16.5. The van der Waals surface area contributed by atoms with Crippen molar-refractivity contribution in [2.75, 3.05) is 0 Å². The number of hydrogen-bond acceptors (Lipinski definition) is 5. The number of aliphatic hydroxyl groups is 3. The van der Waals surface area contributed by atoms with Crippen LogP contribution < -0.4 is 0 Å². The Morgan fingerprint density at radius 3 is 2.39 bits per heavy atom. The molecule has 0 unspecified atom stereocenters. The van der Waals surface area contributed by atoms with E-state index in [-0.39, 0.29) is 12.5 Å². The largest absolute Gasteiger partial charge is 0.481 e. The minimum atomic E-state index is -0.784. The Hall–Kier alpha value is -1.73. The molecule has 6 nitrogen and oxygen atoms in total. The zero-order valence-corrected chi connectivity index (χ0v) is 16.6. The van der Waals surface area contributed by atoms with E-state index in [1.165, 1.54) is 0 Å². The van der Waals surface area contributed by atoms with Gasteiger partial charge in [-0.15, -0.1) is 0 Å². The third-order valence-corrected chi connectivity index (χ3v) is 4.50. The van der Waals surface area contributed by atoms with Crippen molar-refractivity contribution in [2.24, 2.45) is 0 Å². The Labute approximate surface area is 167 Å². The molecular formula is C22H34O6. The minimum absolute atomic E-state index is 0.160. The molecule has 1 saturated heterocycles.